The van der Waals surface area contributed by atoms with Crippen LogP contribution in [0.25, 0.3) is 0 Å². The smallest absolute Gasteiger partial charge is 0.335 e. The molecule has 0 aliphatic carbocycles. The van der Waals surface area contributed by atoms with E-state index in [-0.39, 0.29) is 6.54 Å². The highest BCUT2D eigenvalue weighted by atomic mass is 79.9. The molecule has 0 heterocycles. The van der Waals surface area contributed by atoms with Crippen molar-refractivity contribution < 1.29 is 9.53 Å². The highest BCUT2D eigenvalue weighted by Crippen LogP contribution is 2.35. The summed E-state index contributed by atoms with van der Waals surface area (Å²) in [6.07, 6.45) is 0. The van der Waals surface area contributed by atoms with Gasteiger partial charge in [-0.15, -0.1) is 0 Å². The number of nitrogens with one attached hydrogen (secondary N) is 1. The van der Waals surface area contributed by atoms with Crippen LogP contribution in [0.5, 0.6) is 0 Å². The van der Waals surface area contributed by atoms with E-state index in [1.54, 1.807) is 19.1 Å². The van der Waals surface area contributed by atoms with Crippen LogP contribution in [0.3, 0.4) is 0 Å². The molecular formula is C12H12BrCl2NO2. The van der Waals surface area contributed by atoms with Gasteiger partial charge >= 0.3 is 5.97 Å². The van der Waals surface area contributed by atoms with E-state index in [9.17, 15) is 4.79 Å². The SMILES string of the molecule is C=C(CNc1ccc(Br)c(Cl)c1Cl)C(=O)OCC. The minimum Gasteiger partial charge on any atom is -0.463 e. The molecule has 0 atom stereocenters. The highest BCUT2D eigenvalue weighted by molar-refractivity contribution is 9.10. The molecule has 0 bridgehead atoms. The van der Waals surface area contributed by atoms with Crippen LogP contribution < -0.4 is 5.32 Å². The summed E-state index contributed by atoms with van der Waals surface area (Å²) in [5.74, 6) is -0.427. The Bertz CT molecular complexity index is 477. The van der Waals surface area contributed by atoms with Gasteiger partial charge in [0.1, 0.15) is 0 Å². The van der Waals surface area contributed by atoms with E-state index in [0.29, 0.717) is 32.4 Å². The predicted octanol–water partition coefficient (Wildman–Crippen LogP) is 4.29. The van der Waals surface area contributed by atoms with E-state index in [0.717, 1.165) is 0 Å². The van der Waals surface area contributed by atoms with Crippen molar-refractivity contribution in [3.8, 4) is 0 Å². The molecule has 1 aromatic rings. The van der Waals surface area contributed by atoms with Crippen molar-refractivity contribution >= 4 is 50.8 Å². The van der Waals surface area contributed by atoms with Crippen LogP contribution >= 0.6 is 39.1 Å². The van der Waals surface area contributed by atoms with Gasteiger partial charge in [-0.25, -0.2) is 4.79 Å². The molecule has 0 aromatic heterocycles. The average molecular weight is 353 g/mol. The average Bonchev–Trinajstić information content (AvgIpc) is 2.35. The Kier molecular flexibility index (Phi) is 5.99. The highest BCUT2D eigenvalue weighted by Gasteiger charge is 2.11. The van der Waals surface area contributed by atoms with Crippen LogP contribution in [-0.2, 0) is 9.53 Å². The second kappa shape index (κ2) is 7.02. The molecule has 0 amide bonds. The lowest BCUT2D eigenvalue weighted by atomic mass is 10.2. The van der Waals surface area contributed by atoms with Crippen LogP contribution in [0, 0.1) is 0 Å². The zero-order valence-electron chi connectivity index (χ0n) is 9.73. The monoisotopic (exact) mass is 351 g/mol. The van der Waals surface area contributed by atoms with E-state index in [1.165, 1.54) is 0 Å². The number of rotatable bonds is 5. The lowest BCUT2D eigenvalue weighted by molar-refractivity contribution is -0.138. The van der Waals surface area contributed by atoms with Crippen LogP contribution in [0.1, 0.15) is 6.92 Å². The maximum absolute atomic E-state index is 11.3. The Morgan fingerprint density at radius 1 is 1.44 bits per heavy atom. The van der Waals surface area contributed by atoms with Crippen molar-refractivity contribution in [2.45, 2.75) is 6.92 Å². The lowest BCUT2D eigenvalue weighted by Gasteiger charge is -2.11. The first-order chi connectivity index (χ1) is 8.47. The topological polar surface area (TPSA) is 38.3 Å². The molecule has 18 heavy (non-hydrogen) atoms. The van der Waals surface area contributed by atoms with Gasteiger partial charge in [0.2, 0.25) is 0 Å². The fourth-order valence-corrected chi connectivity index (χ4v) is 2.01. The molecule has 0 spiro atoms. The number of benzene rings is 1. The molecule has 0 unspecified atom stereocenters. The summed E-state index contributed by atoms with van der Waals surface area (Å²) < 4.78 is 5.53. The number of carbonyl (C=O) groups excluding carboxylic acids is 1. The van der Waals surface area contributed by atoms with Gasteiger partial charge in [-0.2, -0.15) is 0 Å². The molecule has 0 aliphatic heterocycles. The summed E-state index contributed by atoms with van der Waals surface area (Å²) in [7, 11) is 0. The quantitative estimate of drug-likeness (QED) is 0.488. The van der Waals surface area contributed by atoms with Gasteiger partial charge in [0, 0.05) is 16.6 Å². The number of carbonyl (C=O) groups is 1. The van der Waals surface area contributed by atoms with Crippen LogP contribution in [0.15, 0.2) is 28.8 Å². The lowest BCUT2D eigenvalue weighted by Crippen LogP contribution is -2.14. The largest absolute Gasteiger partial charge is 0.463 e. The van der Waals surface area contributed by atoms with Gasteiger partial charge in [-0.1, -0.05) is 29.8 Å². The molecule has 0 saturated heterocycles. The summed E-state index contributed by atoms with van der Waals surface area (Å²) in [6.45, 7) is 5.94. The Hall–Kier alpha value is -0.710. The first kappa shape index (κ1) is 15.3. The maximum Gasteiger partial charge on any atom is 0.335 e. The molecule has 0 radical (unpaired) electrons. The van der Waals surface area contributed by atoms with E-state index >= 15 is 0 Å². The van der Waals surface area contributed by atoms with Crippen LogP contribution in [0.2, 0.25) is 10.0 Å². The van der Waals surface area contributed by atoms with E-state index in [2.05, 4.69) is 27.8 Å². The standard InChI is InChI=1S/C12H12BrCl2NO2/c1-3-18-12(17)7(2)6-16-9-5-4-8(13)10(14)11(9)15/h4-5,16H,2-3,6H2,1H3. The predicted molar refractivity (Wildman–Crippen MR) is 78.4 cm³/mol. The van der Waals surface area contributed by atoms with Crippen molar-refractivity contribution in [2.24, 2.45) is 0 Å². The van der Waals surface area contributed by atoms with Crippen molar-refractivity contribution in [1.29, 1.82) is 0 Å². The summed E-state index contributed by atoms with van der Waals surface area (Å²) in [6, 6.07) is 3.53. The van der Waals surface area contributed by atoms with Crippen LogP contribution in [0.4, 0.5) is 5.69 Å². The maximum atomic E-state index is 11.3. The molecule has 6 heteroatoms. The zero-order chi connectivity index (χ0) is 13.7. The molecule has 0 fully saturated rings. The molecule has 1 rings (SSSR count). The summed E-state index contributed by atoms with van der Waals surface area (Å²) in [5, 5.41) is 3.79. The minimum atomic E-state index is -0.427. The first-order valence-electron chi connectivity index (χ1n) is 5.19. The van der Waals surface area contributed by atoms with E-state index in [1.807, 2.05) is 0 Å². The van der Waals surface area contributed by atoms with Gasteiger partial charge in [-0.05, 0) is 35.0 Å². The number of anilines is 1. The second-order valence-electron chi connectivity index (χ2n) is 3.40. The van der Waals surface area contributed by atoms with Crippen molar-refractivity contribution in [2.75, 3.05) is 18.5 Å². The van der Waals surface area contributed by atoms with Gasteiger partial charge in [0.15, 0.2) is 0 Å². The number of halogens is 3. The number of hydrogen-bond acceptors (Lipinski definition) is 3. The number of hydrogen-bond donors (Lipinski definition) is 1. The molecule has 0 aliphatic rings. The fourth-order valence-electron chi connectivity index (χ4n) is 1.17. The van der Waals surface area contributed by atoms with Crippen LogP contribution in [-0.4, -0.2) is 19.1 Å². The van der Waals surface area contributed by atoms with Gasteiger partial charge < -0.3 is 10.1 Å². The van der Waals surface area contributed by atoms with Gasteiger partial charge in [0.25, 0.3) is 0 Å². The Morgan fingerprint density at radius 2 is 2.11 bits per heavy atom. The Morgan fingerprint density at radius 3 is 2.72 bits per heavy atom. The minimum absolute atomic E-state index is 0.247. The van der Waals surface area contributed by atoms with E-state index in [4.69, 9.17) is 27.9 Å². The number of esters is 1. The van der Waals surface area contributed by atoms with Crippen molar-refractivity contribution in [3.63, 3.8) is 0 Å². The zero-order valence-corrected chi connectivity index (χ0v) is 12.8. The molecule has 0 saturated carbocycles. The first-order valence-corrected chi connectivity index (χ1v) is 6.74. The summed E-state index contributed by atoms with van der Waals surface area (Å²) in [4.78, 5) is 11.3. The number of ether oxygens (including phenoxy) is 1. The Balaban J connectivity index is 2.67. The summed E-state index contributed by atoms with van der Waals surface area (Å²) >= 11 is 15.3. The third-order valence-electron chi connectivity index (χ3n) is 2.09. The third-order valence-corrected chi connectivity index (χ3v) is 3.86. The van der Waals surface area contributed by atoms with Gasteiger partial charge in [-0.3, -0.25) is 0 Å². The third kappa shape index (κ3) is 3.90. The second-order valence-corrected chi connectivity index (χ2v) is 5.01. The Labute approximate surface area is 124 Å². The normalized spacial score (nSPS) is 10.0. The molecule has 3 nitrogen and oxygen atoms in total. The van der Waals surface area contributed by atoms with Crippen molar-refractivity contribution in [1.82, 2.24) is 0 Å². The fraction of sp³-hybridized carbons (Fsp3) is 0.250. The van der Waals surface area contributed by atoms with E-state index < -0.39 is 5.97 Å². The molecule has 1 aromatic carbocycles. The van der Waals surface area contributed by atoms with Gasteiger partial charge in [0.05, 0.1) is 22.3 Å². The molecular weight excluding hydrogens is 341 g/mol. The summed E-state index contributed by atoms with van der Waals surface area (Å²) in [5.41, 5.74) is 0.960. The molecule has 98 valence electrons. The van der Waals surface area contributed by atoms with Crippen molar-refractivity contribution in [3.05, 3.63) is 38.8 Å². The molecule has 1 N–H and O–H groups in total.